The predicted octanol–water partition coefficient (Wildman–Crippen LogP) is 5.58. The van der Waals surface area contributed by atoms with Crippen LogP contribution in [0, 0.1) is 6.92 Å². The number of fused-ring (bicyclic) bond motifs is 1. The fourth-order valence-electron chi connectivity index (χ4n) is 3.32. The van der Waals surface area contributed by atoms with Gasteiger partial charge in [-0.05, 0) is 42.8 Å². The molecule has 0 aliphatic heterocycles. The zero-order valence-electron chi connectivity index (χ0n) is 14.7. The number of rotatable bonds is 4. The Bertz CT molecular complexity index is 982. The molecule has 0 saturated carbocycles. The molecule has 0 saturated heterocycles. The van der Waals surface area contributed by atoms with Crippen LogP contribution >= 0.6 is 0 Å². The molecule has 25 heavy (non-hydrogen) atoms. The fourth-order valence-corrected chi connectivity index (χ4v) is 3.32. The van der Waals surface area contributed by atoms with Crippen LogP contribution in [0.15, 0.2) is 85.1 Å². The van der Waals surface area contributed by atoms with Crippen LogP contribution < -0.4 is 4.90 Å². The molecule has 0 aliphatic carbocycles. The molecule has 4 rings (SSSR count). The topological polar surface area (TPSA) is 8.17 Å². The molecule has 0 amide bonds. The molecule has 1 aromatic heterocycles. The second-order valence-electron chi connectivity index (χ2n) is 6.57. The van der Waals surface area contributed by atoms with Crippen LogP contribution in [-0.4, -0.2) is 11.6 Å². The Morgan fingerprint density at radius 3 is 2.24 bits per heavy atom. The van der Waals surface area contributed by atoms with Gasteiger partial charge in [-0.15, -0.1) is 0 Å². The molecular formula is C23H22N2. The number of benzene rings is 3. The highest BCUT2D eigenvalue weighted by Gasteiger charge is 2.11. The minimum absolute atomic E-state index is 0.878. The van der Waals surface area contributed by atoms with Gasteiger partial charge in [0.1, 0.15) is 0 Å². The van der Waals surface area contributed by atoms with Crippen molar-refractivity contribution in [2.24, 2.45) is 0 Å². The normalized spacial score (nSPS) is 11.0. The van der Waals surface area contributed by atoms with Crippen molar-refractivity contribution < 1.29 is 0 Å². The summed E-state index contributed by atoms with van der Waals surface area (Å²) in [7, 11) is 2.15. The number of nitrogens with zero attached hydrogens (tertiary/aromatic N) is 2. The number of para-hydroxylation sites is 2. The maximum Gasteiger partial charge on any atom is 0.0531 e. The van der Waals surface area contributed by atoms with E-state index in [4.69, 9.17) is 0 Å². The lowest BCUT2D eigenvalue weighted by Gasteiger charge is -2.18. The third kappa shape index (κ3) is 3.03. The number of anilines is 1. The van der Waals surface area contributed by atoms with Crippen molar-refractivity contribution in [1.29, 1.82) is 0 Å². The van der Waals surface area contributed by atoms with Gasteiger partial charge in [0.25, 0.3) is 0 Å². The number of hydrogen-bond acceptors (Lipinski definition) is 1. The van der Waals surface area contributed by atoms with Gasteiger partial charge in [0.15, 0.2) is 0 Å². The van der Waals surface area contributed by atoms with Gasteiger partial charge in [-0.1, -0.05) is 54.1 Å². The van der Waals surface area contributed by atoms with Crippen molar-refractivity contribution in [3.05, 3.63) is 96.2 Å². The van der Waals surface area contributed by atoms with Gasteiger partial charge < -0.3 is 9.47 Å². The average molecular weight is 326 g/mol. The lowest BCUT2D eigenvalue weighted by molar-refractivity contribution is 0.924. The summed E-state index contributed by atoms with van der Waals surface area (Å²) < 4.78 is 2.29. The zero-order valence-corrected chi connectivity index (χ0v) is 14.7. The molecular weight excluding hydrogens is 304 g/mol. The molecule has 2 heteroatoms. The van der Waals surface area contributed by atoms with E-state index in [1.807, 2.05) is 0 Å². The number of hydrogen-bond donors (Lipinski definition) is 0. The molecule has 124 valence electrons. The Balaban J connectivity index is 1.76. The first-order chi connectivity index (χ1) is 12.2. The molecule has 0 aliphatic rings. The summed E-state index contributed by atoms with van der Waals surface area (Å²) in [4.78, 5) is 2.29. The Morgan fingerprint density at radius 1 is 0.800 bits per heavy atom. The van der Waals surface area contributed by atoms with Crippen molar-refractivity contribution in [3.8, 4) is 5.69 Å². The molecule has 0 N–H and O–H groups in total. The minimum Gasteiger partial charge on any atom is -0.370 e. The van der Waals surface area contributed by atoms with Crippen LogP contribution in [0.4, 0.5) is 5.69 Å². The summed E-state index contributed by atoms with van der Waals surface area (Å²) in [5.74, 6) is 0. The van der Waals surface area contributed by atoms with Gasteiger partial charge >= 0.3 is 0 Å². The Morgan fingerprint density at radius 2 is 1.48 bits per heavy atom. The summed E-state index contributed by atoms with van der Waals surface area (Å²) in [6.07, 6.45) is 2.27. The molecule has 0 atom stereocenters. The third-order valence-electron chi connectivity index (χ3n) is 4.71. The summed E-state index contributed by atoms with van der Waals surface area (Å²) in [6, 6.07) is 27.9. The van der Waals surface area contributed by atoms with Gasteiger partial charge in [-0.3, -0.25) is 0 Å². The molecule has 0 radical (unpaired) electrons. The molecule has 0 unspecified atom stereocenters. The number of aryl methyl sites for hydroxylation is 1. The third-order valence-corrected chi connectivity index (χ3v) is 4.71. The van der Waals surface area contributed by atoms with Gasteiger partial charge in [-0.2, -0.15) is 0 Å². The monoisotopic (exact) mass is 326 g/mol. The fraction of sp³-hybridized carbons (Fsp3) is 0.130. The summed E-state index contributed by atoms with van der Waals surface area (Å²) in [5.41, 5.74) is 6.31. The maximum absolute atomic E-state index is 2.29. The van der Waals surface area contributed by atoms with E-state index >= 15 is 0 Å². The van der Waals surface area contributed by atoms with E-state index in [-0.39, 0.29) is 0 Å². The molecule has 1 heterocycles. The largest absolute Gasteiger partial charge is 0.370 e. The van der Waals surface area contributed by atoms with Gasteiger partial charge in [0.05, 0.1) is 5.52 Å². The van der Waals surface area contributed by atoms with Gasteiger partial charge in [0, 0.05) is 36.6 Å². The molecule has 0 fully saturated rings. The van der Waals surface area contributed by atoms with Crippen molar-refractivity contribution in [3.63, 3.8) is 0 Å². The van der Waals surface area contributed by atoms with E-state index in [9.17, 15) is 0 Å². The van der Waals surface area contributed by atoms with E-state index in [0.29, 0.717) is 0 Å². The molecule has 2 nitrogen and oxygen atoms in total. The second kappa shape index (κ2) is 6.48. The van der Waals surface area contributed by atoms with E-state index in [2.05, 4.69) is 108 Å². The van der Waals surface area contributed by atoms with Crippen LogP contribution in [0.3, 0.4) is 0 Å². The highest BCUT2D eigenvalue weighted by molar-refractivity contribution is 5.86. The van der Waals surface area contributed by atoms with Gasteiger partial charge in [0.2, 0.25) is 0 Å². The Kier molecular flexibility index (Phi) is 4.02. The SMILES string of the molecule is Cc1ccc(-n2cc(CN(C)c3ccccc3)c3ccccc32)cc1. The smallest absolute Gasteiger partial charge is 0.0531 e. The lowest BCUT2D eigenvalue weighted by atomic mass is 10.1. The predicted molar refractivity (Wildman–Crippen MR) is 107 cm³/mol. The Hall–Kier alpha value is -3.00. The standard InChI is InChI=1S/C23H22N2/c1-18-12-14-21(15-13-18)25-17-19(22-10-6-7-11-23(22)25)16-24(2)20-8-4-3-5-9-20/h3-15,17H,16H2,1-2H3. The van der Waals surface area contributed by atoms with Crippen molar-refractivity contribution >= 4 is 16.6 Å². The molecule has 4 aromatic rings. The highest BCUT2D eigenvalue weighted by Crippen LogP contribution is 2.27. The van der Waals surface area contributed by atoms with Crippen molar-refractivity contribution in [2.45, 2.75) is 13.5 Å². The van der Waals surface area contributed by atoms with Gasteiger partial charge in [-0.25, -0.2) is 0 Å². The summed E-state index contributed by atoms with van der Waals surface area (Å²) >= 11 is 0. The van der Waals surface area contributed by atoms with Crippen LogP contribution in [0.1, 0.15) is 11.1 Å². The Labute approximate surface area is 149 Å². The molecule has 0 bridgehead atoms. The van der Waals surface area contributed by atoms with E-state index in [1.54, 1.807) is 0 Å². The van der Waals surface area contributed by atoms with Crippen LogP contribution in [0.25, 0.3) is 16.6 Å². The molecule has 0 spiro atoms. The van der Waals surface area contributed by atoms with Crippen LogP contribution in [0.2, 0.25) is 0 Å². The summed E-state index contributed by atoms with van der Waals surface area (Å²) in [5, 5.41) is 1.31. The van der Waals surface area contributed by atoms with E-state index < -0.39 is 0 Å². The van der Waals surface area contributed by atoms with E-state index in [0.717, 1.165) is 6.54 Å². The minimum atomic E-state index is 0.878. The zero-order chi connectivity index (χ0) is 17.2. The lowest BCUT2D eigenvalue weighted by Crippen LogP contribution is -2.15. The maximum atomic E-state index is 2.29. The first-order valence-corrected chi connectivity index (χ1v) is 8.64. The van der Waals surface area contributed by atoms with Crippen molar-refractivity contribution in [2.75, 3.05) is 11.9 Å². The quantitative estimate of drug-likeness (QED) is 0.475. The highest BCUT2D eigenvalue weighted by atomic mass is 15.1. The first-order valence-electron chi connectivity index (χ1n) is 8.64. The van der Waals surface area contributed by atoms with Crippen molar-refractivity contribution in [1.82, 2.24) is 4.57 Å². The second-order valence-corrected chi connectivity index (χ2v) is 6.57. The average Bonchev–Trinajstić information content (AvgIpc) is 3.02. The van der Waals surface area contributed by atoms with E-state index in [1.165, 1.54) is 33.4 Å². The summed E-state index contributed by atoms with van der Waals surface area (Å²) in [6.45, 7) is 3.00. The number of aromatic nitrogens is 1. The first kappa shape index (κ1) is 15.5. The van der Waals surface area contributed by atoms with Crippen LogP contribution in [0.5, 0.6) is 0 Å². The van der Waals surface area contributed by atoms with Crippen LogP contribution in [-0.2, 0) is 6.54 Å². The molecule has 3 aromatic carbocycles.